The summed E-state index contributed by atoms with van der Waals surface area (Å²) in [5.74, 6) is -3.56. The number of aromatic nitrogens is 7. The lowest BCUT2D eigenvalue weighted by Crippen LogP contribution is -2.66. The number of carbonyl (C=O) groups is 3. The van der Waals surface area contributed by atoms with Gasteiger partial charge < -0.3 is 19.9 Å². The highest BCUT2D eigenvalue weighted by Gasteiger charge is 2.50. The van der Waals surface area contributed by atoms with Crippen LogP contribution < -0.4 is 26.1 Å². The number of para-hydroxylation sites is 1. The summed E-state index contributed by atoms with van der Waals surface area (Å²) in [5, 5.41) is 13.5. The van der Waals surface area contributed by atoms with E-state index in [1.54, 1.807) is 19.3 Å². The number of alkyl halides is 4. The van der Waals surface area contributed by atoms with Crippen molar-refractivity contribution in [3.63, 3.8) is 0 Å². The Morgan fingerprint density at radius 2 is 1.73 bits per heavy atom. The molecule has 356 valence electrons. The fourth-order valence-corrected chi connectivity index (χ4v) is 11.5. The molecule has 0 bridgehead atoms. The van der Waals surface area contributed by atoms with Crippen LogP contribution in [-0.4, -0.2) is 145 Å². The van der Waals surface area contributed by atoms with Crippen LogP contribution in [0.15, 0.2) is 47.7 Å². The first kappa shape index (κ1) is 43.7. The summed E-state index contributed by atoms with van der Waals surface area (Å²) in [7, 11) is 1.66. The summed E-state index contributed by atoms with van der Waals surface area (Å²) >= 11 is 0. The molecule has 9 heterocycles. The number of nitrogens with zero attached hydrogens (tertiary/aromatic N) is 11. The monoisotopic (exact) mass is 931 g/mol. The molecule has 1 spiro atoms. The number of piperazine rings is 1. The zero-order valence-corrected chi connectivity index (χ0v) is 37.1. The van der Waals surface area contributed by atoms with E-state index in [9.17, 15) is 28.0 Å². The molecule has 67 heavy (non-hydrogen) atoms. The maximum atomic E-state index is 16.1. The molecule has 1 saturated carbocycles. The lowest BCUT2D eigenvalue weighted by molar-refractivity contribution is -0.135. The van der Waals surface area contributed by atoms with E-state index in [1.165, 1.54) is 30.7 Å². The summed E-state index contributed by atoms with van der Waals surface area (Å²) in [5.41, 5.74) is 1.70. The van der Waals surface area contributed by atoms with Gasteiger partial charge in [-0.1, -0.05) is 6.07 Å². The Hall–Kier alpha value is -5.87. The van der Waals surface area contributed by atoms with Gasteiger partial charge in [0.2, 0.25) is 11.8 Å². The highest BCUT2D eigenvalue weighted by molar-refractivity contribution is 6.08. The number of amides is 3. The van der Waals surface area contributed by atoms with Gasteiger partial charge in [0, 0.05) is 78.2 Å². The smallest absolute Gasteiger partial charge is 0.329 e. The van der Waals surface area contributed by atoms with E-state index in [1.807, 2.05) is 28.0 Å². The van der Waals surface area contributed by atoms with Gasteiger partial charge in [-0.15, -0.1) is 0 Å². The number of ether oxygens (including phenoxy) is 1. The number of halogens is 4. The van der Waals surface area contributed by atoms with Gasteiger partial charge in [-0.05, 0) is 62.6 Å². The Balaban J connectivity index is 0.680. The van der Waals surface area contributed by atoms with Crippen molar-refractivity contribution in [1.82, 2.24) is 48.6 Å². The number of anilines is 3. The first-order valence-corrected chi connectivity index (χ1v) is 23.2. The maximum absolute atomic E-state index is 16.1. The van der Waals surface area contributed by atoms with Crippen LogP contribution in [0.25, 0.3) is 16.7 Å². The van der Waals surface area contributed by atoms with E-state index < -0.39 is 41.9 Å². The quantitative estimate of drug-likeness (QED) is 0.153. The molecule has 18 nitrogen and oxygen atoms in total. The van der Waals surface area contributed by atoms with Crippen LogP contribution in [0.3, 0.4) is 0 Å². The molecule has 1 aromatic carbocycles. The Morgan fingerprint density at radius 3 is 2.43 bits per heavy atom. The van der Waals surface area contributed by atoms with Crippen molar-refractivity contribution in [1.29, 1.82) is 0 Å². The van der Waals surface area contributed by atoms with Gasteiger partial charge in [-0.25, -0.2) is 31.9 Å². The third-order valence-electron chi connectivity index (χ3n) is 15.1. The van der Waals surface area contributed by atoms with E-state index in [4.69, 9.17) is 4.74 Å². The second-order valence-electron chi connectivity index (χ2n) is 19.4. The van der Waals surface area contributed by atoms with Crippen LogP contribution in [0.5, 0.6) is 0 Å². The zero-order chi connectivity index (χ0) is 46.4. The number of rotatable bonds is 10. The van der Waals surface area contributed by atoms with E-state index in [0.717, 1.165) is 44.8 Å². The SMILES string of the molecule is Cn1c(=O)n(C2CCC(=O)NC2=O)c2cccc(N3CCN(C4CCN(CC5CCC(n6cc(NC(=O)c7cnn8ccc(N9CC%10(COC%10)C9)nc78)c(C(F)F)n6)CC5)CC4(F)F)CC3)c21. The molecule has 0 radical (unpaired) electrons. The van der Waals surface area contributed by atoms with Crippen molar-refractivity contribution in [2.45, 2.75) is 75.4 Å². The van der Waals surface area contributed by atoms with Gasteiger partial charge in [0.15, 0.2) is 11.3 Å². The van der Waals surface area contributed by atoms with Crippen LogP contribution in [0.4, 0.5) is 34.8 Å². The van der Waals surface area contributed by atoms with Crippen LogP contribution >= 0.6 is 0 Å². The number of imidazole rings is 1. The zero-order valence-electron chi connectivity index (χ0n) is 37.1. The Bertz CT molecular complexity index is 2790. The summed E-state index contributed by atoms with van der Waals surface area (Å²) in [6.07, 6.45) is 5.03. The fourth-order valence-electron chi connectivity index (χ4n) is 11.5. The van der Waals surface area contributed by atoms with Crippen molar-refractivity contribution < 1.29 is 36.7 Å². The number of piperidine rings is 2. The second-order valence-corrected chi connectivity index (χ2v) is 19.4. The number of carbonyl (C=O) groups excluding carboxylic acids is 3. The molecular formula is C45H53F4N13O5. The van der Waals surface area contributed by atoms with Crippen LogP contribution in [0.2, 0.25) is 0 Å². The lowest BCUT2D eigenvalue weighted by atomic mass is 9.78. The predicted octanol–water partition coefficient (Wildman–Crippen LogP) is 3.85. The molecule has 5 aliphatic heterocycles. The van der Waals surface area contributed by atoms with E-state index in [0.29, 0.717) is 81.0 Å². The van der Waals surface area contributed by atoms with Crippen molar-refractivity contribution in [3.05, 3.63) is 64.6 Å². The van der Waals surface area contributed by atoms with Crippen LogP contribution in [0.1, 0.15) is 79.5 Å². The molecule has 4 aromatic heterocycles. The number of imide groups is 1. The number of likely N-dealkylation sites (tertiary alicyclic amines) is 1. The number of nitrogens with one attached hydrogen (secondary N) is 2. The molecule has 22 heteroatoms. The standard InChI is InChI=1S/C45H53F4N13O5/c1-55-38-31(3-2-4-32(38)62(43(55)66)33-9-10-36(63)53-42(33)65)57-15-17-58(18-16-57)34-11-13-56(24-45(34,48)49)20-27-5-7-28(8-6-27)61-21-30(37(54-61)39(46)47)51-41(64)29-19-50-60-14-12-35(52-40(29)60)59-22-44(23-59)25-67-26-44/h2-4,12,14,19,21,27-28,33-34,39H,5-11,13,15-18,20,22-26H2,1H3,(H,51,64)(H,53,63,65). The minimum Gasteiger partial charge on any atom is -0.380 e. The maximum Gasteiger partial charge on any atom is 0.329 e. The molecule has 3 amide bonds. The van der Waals surface area contributed by atoms with Gasteiger partial charge in [0.05, 0.1) is 65.9 Å². The van der Waals surface area contributed by atoms with Crippen LogP contribution in [-0.2, 0) is 21.4 Å². The first-order chi connectivity index (χ1) is 32.2. The van der Waals surface area contributed by atoms with Crippen molar-refractivity contribution in [2.24, 2.45) is 18.4 Å². The molecule has 11 rings (SSSR count). The predicted molar refractivity (Wildman–Crippen MR) is 237 cm³/mol. The number of hydrogen-bond donors (Lipinski definition) is 2. The van der Waals surface area contributed by atoms with Crippen molar-refractivity contribution >= 4 is 51.6 Å². The topological polar surface area (TPSA) is 172 Å². The molecule has 6 aliphatic rings. The van der Waals surface area contributed by atoms with E-state index in [2.05, 4.69) is 35.6 Å². The molecule has 2 atom stereocenters. The summed E-state index contributed by atoms with van der Waals surface area (Å²) in [4.78, 5) is 64.2. The fraction of sp³-hybridized carbons (Fsp3) is 0.578. The third-order valence-corrected chi connectivity index (χ3v) is 15.1. The number of fused-ring (bicyclic) bond motifs is 2. The van der Waals surface area contributed by atoms with Gasteiger partial charge in [0.25, 0.3) is 18.3 Å². The molecular weight excluding hydrogens is 879 g/mol. The Morgan fingerprint density at radius 1 is 0.955 bits per heavy atom. The van der Waals surface area contributed by atoms with Gasteiger partial charge in [-0.2, -0.15) is 10.2 Å². The molecule has 1 aliphatic carbocycles. The van der Waals surface area contributed by atoms with Gasteiger partial charge >= 0.3 is 5.69 Å². The third kappa shape index (κ3) is 7.83. The number of hydrogen-bond acceptors (Lipinski definition) is 12. The van der Waals surface area contributed by atoms with Crippen LogP contribution in [0, 0.1) is 11.3 Å². The summed E-state index contributed by atoms with van der Waals surface area (Å²) in [6.45, 7) is 5.58. The number of benzene rings is 1. The average molecular weight is 932 g/mol. The van der Waals surface area contributed by atoms with Crippen molar-refractivity contribution in [3.8, 4) is 0 Å². The average Bonchev–Trinajstić information content (AvgIpc) is 3.97. The number of aryl methyl sites for hydroxylation is 1. The highest BCUT2D eigenvalue weighted by atomic mass is 19.3. The van der Waals surface area contributed by atoms with Gasteiger partial charge in [0.1, 0.15) is 17.4 Å². The minimum atomic E-state index is -2.94. The first-order valence-electron chi connectivity index (χ1n) is 23.2. The Labute approximate surface area is 381 Å². The second kappa shape index (κ2) is 16.7. The largest absolute Gasteiger partial charge is 0.380 e. The molecule has 5 saturated heterocycles. The molecule has 6 fully saturated rings. The molecule has 5 aromatic rings. The lowest BCUT2D eigenvalue weighted by Gasteiger charge is -2.55. The molecule has 2 N–H and O–H groups in total. The van der Waals surface area contributed by atoms with E-state index in [-0.39, 0.29) is 59.6 Å². The van der Waals surface area contributed by atoms with Gasteiger partial charge in [-0.3, -0.25) is 43.3 Å². The highest BCUT2D eigenvalue weighted by Crippen LogP contribution is 2.41. The van der Waals surface area contributed by atoms with Crippen molar-refractivity contribution in [2.75, 3.05) is 87.2 Å². The van der Waals surface area contributed by atoms with E-state index >= 15 is 8.78 Å². The minimum absolute atomic E-state index is 0.0788. The summed E-state index contributed by atoms with van der Waals surface area (Å²) < 4.78 is 72.1. The molecule has 2 unspecified atom stereocenters. The normalized spacial score (nSPS) is 25.8. The Kier molecular flexibility index (Phi) is 10.9. The summed E-state index contributed by atoms with van der Waals surface area (Å²) in [6, 6.07) is 5.46.